The van der Waals surface area contributed by atoms with Crippen molar-refractivity contribution in [2.45, 2.75) is 20.4 Å². The van der Waals surface area contributed by atoms with Crippen molar-refractivity contribution in [1.29, 1.82) is 0 Å². The Morgan fingerprint density at radius 1 is 1.11 bits per heavy atom. The summed E-state index contributed by atoms with van der Waals surface area (Å²) >= 11 is 0. The van der Waals surface area contributed by atoms with Gasteiger partial charge in [0, 0.05) is 12.1 Å². The number of benzene rings is 2. The van der Waals surface area contributed by atoms with E-state index in [9.17, 15) is 14.4 Å². The molecule has 2 amide bonds. The summed E-state index contributed by atoms with van der Waals surface area (Å²) in [6.07, 6.45) is 0. The van der Waals surface area contributed by atoms with Gasteiger partial charge < -0.3 is 15.2 Å². The number of aryl methyl sites for hydroxylation is 1. The number of nitrogens with zero attached hydrogens (tertiary/aromatic N) is 2. The first kappa shape index (κ1) is 19.3. The van der Waals surface area contributed by atoms with Gasteiger partial charge in [0.25, 0.3) is 11.5 Å². The number of rotatable bonds is 6. The minimum absolute atomic E-state index is 0.126. The van der Waals surface area contributed by atoms with E-state index in [0.29, 0.717) is 28.8 Å². The van der Waals surface area contributed by atoms with Crippen molar-refractivity contribution in [3.63, 3.8) is 0 Å². The van der Waals surface area contributed by atoms with Gasteiger partial charge in [-0.25, -0.2) is 4.98 Å². The Kier molecular flexibility index (Phi) is 5.84. The van der Waals surface area contributed by atoms with Gasteiger partial charge in [-0.3, -0.25) is 14.4 Å². The summed E-state index contributed by atoms with van der Waals surface area (Å²) in [4.78, 5) is 45.7. The molecule has 0 bridgehead atoms. The van der Waals surface area contributed by atoms with Crippen LogP contribution in [0.2, 0.25) is 0 Å². The normalized spacial score (nSPS) is 10.6. The molecular formula is C21H22N4O3. The summed E-state index contributed by atoms with van der Waals surface area (Å²) in [5.41, 5.74) is 1.73. The van der Waals surface area contributed by atoms with Gasteiger partial charge in [-0.05, 0) is 37.6 Å². The lowest BCUT2D eigenvalue weighted by Gasteiger charge is -2.20. The van der Waals surface area contributed by atoms with Crippen molar-refractivity contribution >= 4 is 22.7 Å². The number of carbonyl (C=O) groups is 2. The van der Waals surface area contributed by atoms with Crippen molar-refractivity contribution in [2.24, 2.45) is 0 Å². The molecule has 0 atom stereocenters. The van der Waals surface area contributed by atoms with E-state index in [1.54, 1.807) is 30.3 Å². The van der Waals surface area contributed by atoms with Crippen LogP contribution in [0.1, 0.15) is 28.7 Å². The van der Waals surface area contributed by atoms with Crippen LogP contribution in [0.25, 0.3) is 10.9 Å². The number of hydrogen-bond donors (Lipinski definition) is 2. The Labute approximate surface area is 162 Å². The Hall–Kier alpha value is -3.48. The number of fused-ring (bicyclic) bond motifs is 1. The van der Waals surface area contributed by atoms with Crippen LogP contribution in [0.5, 0.6) is 0 Å². The van der Waals surface area contributed by atoms with Crippen LogP contribution in [0.15, 0.2) is 53.3 Å². The molecule has 1 aromatic heterocycles. The van der Waals surface area contributed by atoms with Crippen molar-refractivity contribution < 1.29 is 9.59 Å². The lowest BCUT2D eigenvalue weighted by Crippen LogP contribution is -2.40. The molecule has 0 radical (unpaired) electrons. The first-order chi connectivity index (χ1) is 13.5. The summed E-state index contributed by atoms with van der Waals surface area (Å²) in [7, 11) is 0. The van der Waals surface area contributed by atoms with E-state index in [1.807, 2.05) is 32.0 Å². The van der Waals surface area contributed by atoms with E-state index in [2.05, 4.69) is 15.3 Å². The largest absolute Gasteiger partial charge is 0.343 e. The second-order valence-electron chi connectivity index (χ2n) is 6.44. The maximum atomic E-state index is 12.5. The lowest BCUT2D eigenvalue weighted by atomic mass is 10.1. The Bertz CT molecular complexity index is 1070. The number of H-pyrrole nitrogens is 1. The molecule has 0 aliphatic rings. The molecule has 0 aliphatic carbocycles. The molecule has 0 fully saturated rings. The van der Waals surface area contributed by atoms with Gasteiger partial charge in [-0.15, -0.1) is 0 Å². The molecule has 2 aromatic carbocycles. The molecule has 3 aromatic rings. The van der Waals surface area contributed by atoms with Crippen molar-refractivity contribution in [1.82, 2.24) is 20.2 Å². The zero-order valence-corrected chi connectivity index (χ0v) is 15.9. The first-order valence-corrected chi connectivity index (χ1v) is 9.09. The van der Waals surface area contributed by atoms with E-state index < -0.39 is 0 Å². The number of para-hydroxylation sites is 1. The maximum Gasteiger partial charge on any atom is 0.258 e. The molecular weight excluding hydrogens is 356 g/mol. The van der Waals surface area contributed by atoms with Crippen LogP contribution >= 0.6 is 0 Å². The minimum Gasteiger partial charge on any atom is -0.343 e. The summed E-state index contributed by atoms with van der Waals surface area (Å²) in [6, 6.07) is 14.2. The third kappa shape index (κ3) is 4.25. The second-order valence-corrected chi connectivity index (χ2v) is 6.44. The topological polar surface area (TPSA) is 95.2 Å². The molecule has 0 spiro atoms. The predicted octanol–water partition coefficient (Wildman–Crippen LogP) is 2.01. The number of amides is 2. The van der Waals surface area contributed by atoms with Crippen molar-refractivity contribution in [3.8, 4) is 0 Å². The standard InChI is InChI=1S/C21H22N4O3/c1-3-25(13-18-23-17-11-7-6-10-16(17)21(28)24-18)19(26)12-22-20(27)15-9-5-4-8-14(15)2/h4-11H,3,12-13H2,1-2H3,(H,22,27)(H,23,24,28). The van der Waals surface area contributed by atoms with Gasteiger partial charge in [0.2, 0.25) is 5.91 Å². The van der Waals surface area contributed by atoms with Gasteiger partial charge in [-0.1, -0.05) is 30.3 Å². The van der Waals surface area contributed by atoms with Gasteiger partial charge in [0.1, 0.15) is 5.82 Å². The summed E-state index contributed by atoms with van der Waals surface area (Å²) < 4.78 is 0. The second kappa shape index (κ2) is 8.47. The van der Waals surface area contributed by atoms with Gasteiger partial charge >= 0.3 is 0 Å². The fourth-order valence-corrected chi connectivity index (χ4v) is 2.96. The molecule has 0 unspecified atom stereocenters. The highest BCUT2D eigenvalue weighted by Gasteiger charge is 2.16. The zero-order valence-electron chi connectivity index (χ0n) is 15.9. The highest BCUT2D eigenvalue weighted by atomic mass is 16.2. The van der Waals surface area contributed by atoms with Gasteiger partial charge in [0.15, 0.2) is 0 Å². The number of carbonyl (C=O) groups excluding carboxylic acids is 2. The minimum atomic E-state index is -0.292. The van der Waals surface area contributed by atoms with E-state index in [-0.39, 0.29) is 30.5 Å². The smallest absolute Gasteiger partial charge is 0.258 e. The average molecular weight is 378 g/mol. The van der Waals surface area contributed by atoms with Crippen LogP contribution in [0.4, 0.5) is 0 Å². The summed E-state index contributed by atoms with van der Waals surface area (Å²) in [6.45, 7) is 4.14. The number of aromatic amines is 1. The molecule has 3 rings (SSSR count). The summed E-state index contributed by atoms with van der Waals surface area (Å²) in [5.74, 6) is -0.135. The van der Waals surface area contributed by atoms with Crippen LogP contribution in [-0.4, -0.2) is 39.8 Å². The van der Waals surface area contributed by atoms with Crippen molar-refractivity contribution in [3.05, 3.63) is 75.8 Å². The van der Waals surface area contributed by atoms with Gasteiger partial charge in [0.05, 0.1) is 24.0 Å². The quantitative estimate of drug-likeness (QED) is 0.686. The van der Waals surface area contributed by atoms with Crippen LogP contribution < -0.4 is 10.9 Å². The first-order valence-electron chi connectivity index (χ1n) is 9.09. The highest BCUT2D eigenvalue weighted by Crippen LogP contribution is 2.08. The van der Waals surface area contributed by atoms with E-state index in [0.717, 1.165) is 5.56 Å². The lowest BCUT2D eigenvalue weighted by molar-refractivity contribution is -0.130. The molecule has 28 heavy (non-hydrogen) atoms. The molecule has 1 heterocycles. The zero-order chi connectivity index (χ0) is 20.1. The monoisotopic (exact) mass is 378 g/mol. The molecule has 0 saturated carbocycles. The molecule has 0 saturated heterocycles. The molecule has 7 heteroatoms. The Morgan fingerprint density at radius 3 is 2.57 bits per heavy atom. The number of likely N-dealkylation sites (N-methyl/N-ethyl adjacent to an activating group) is 1. The highest BCUT2D eigenvalue weighted by molar-refractivity contribution is 5.97. The SMILES string of the molecule is CCN(Cc1nc2ccccc2c(=O)[nH]1)C(=O)CNC(=O)c1ccccc1C. The van der Waals surface area contributed by atoms with Crippen LogP contribution in [-0.2, 0) is 11.3 Å². The molecule has 2 N–H and O–H groups in total. The Morgan fingerprint density at radius 2 is 1.82 bits per heavy atom. The number of aromatic nitrogens is 2. The van der Waals surface area contributed by atoms with Crippen LogP contribution in [0, 0.1) is 6.92 Å². The Balaban J connectivity index is 1.68. The molecule has 144 valence electrons. The molecule has 0 aliphatic heterocycles. The fraction of sp³-hybridized carbons (Fsp3) is 0.238. The fourth-order valence-electron chi connectivity index (χ4n) is 2.96. The predicted molar refractivity (Wildman–Crippen MR) is 107 cm³/mol. The molecule has 7 nitrogen and oxygen atoms in total. The third-order valence-corrected chi connectivity index (χ3v) is 4.53. The van der Waals surface area contributed by atoms with E-state index in [4.69, 9.17) is 0 Å². The summed E-state index contributed by atoms with van der Waals surface area (Å²) in [5, 5.41) is 3.16. The third-order valence-electron chi connectivity index (χ3n) is 4.53. The van der Waals surface area contributed by atoms with Crippen molar-refractivity contribution in [2.75, 3.05) is 13.1 Å². The number of nitrogens with one attached hydrogen (secondary N) is 2. The van der Waals surface area contributed by atoms with E-state index >= 15 is 0 Å². The van der Waals surface area contributed by atoms with E-state index in [1.165, 1.54) is 4.90 Å². The average Bonchev–Trinajstić information content (AvgIpc) is 2.70. The van der Waals surface area contributed by atoms with Gasteiger partial charge in [-0.2, -0.15) is 0 Å². The number of hydrogen-bond acceptors (Lipinski definition) is 4. The van der Waals surface area contributed by atoms with Crippen LogP contribution in [0.3, 0.4) is 0 Å². The maximum absolute atomic E-state index is 12.5.